The van der Waals surface area contributed by atoms with Crippen LogP contribution >= 0.6 is 0 Å². The number of hydrogen-bond donors (Lipinski definition) is 1. The van der Waals surface area contributed by atoms with Crippen molar-refractivity contribution in [2.45, 2.75) is 39.5 Å². The lowest BCUT2D eigenvalue weighted by Gasteiger charge is -2.16. The zero-order valence-corrected chi connectivity index (χ0v) is 13.1. The van der Waals surface area contributed by atoms with Gasteiger partial charge >= 0.3 is 0 Å². The molecule has 0 radical (unpaired) electrons. The van der Waals surface area contributed by atoms with E-state index in [9.17, 15) is 13.2 Å². The van der Waals surface area contributed by atoms with E-state index in [1.807, 2.05) is 51.1 Å². The van der Waals surface area contributed by atoms with E-state index in [0.717, 1.165) is 12.0 Å². The molecule has 4 nitrogen and oxygen atoms in total. The van der Waals surface area contributed by atoms with Gasteiger partial charge in [0.1, 0.15) is 0 Å². The fourth-order valence-electron chi connectivity index (χ4n) is 2.02. The summed E-state index contributed by atoms with van der Waals surface area (Å²) in [5.41, 5.74) is 0.839. The van der Waals surface area contributed by atoms with Crippen LogP contribution in [0.15, 0.2) is 30.3 Å². The molecule has 1 aromatic rings. The molecule has 1 amide bonds. The van der Waals surface area contributed by atoms with E-state index in [1.165, 1.54) is 0 Å². The lowest BCUT2D eigenvalue weighted by molar-refractivity contribution is -0.120. The van der Waals surface area contributed by atoms with Crippen LogP contribution in [0, 0.1) is 5.92 Å². The van der Waals surface area contributed by atoms with Crippen molar-refractivity contribution in [1.29, 1.82) is 0 Å². The fourth-order valence-corrected chi connectivity index (χ4v) is 3.53. The van der Waals surface area contributed by atoms with Crippen molar-refractivity contribution in [3.8, 4) is 0 Å². The van der Waals surface area contributed by atoms with Gasteiger partial charge in [-0.05, 0) is 17.9 Å². The van der Waals surface area contributed by atoms with Crippen molar-refractivity contribution in [3.63, 3.8) is 0 Å². The maximum Gasteiger partial charge on any atom is 0.240 e. The van der Waals surface area contributed by atoms with Gasteiger partial charge in [-0.25, -0.2) is 8.42 Å². The molecule has 0 saturated carbocycles. The third-order valence-electron chi connectivity index (χ3n) is 3.38. The summed E-state index contributed by atoms with van der Waals surface area (Å²) in [7, 11) is -3.55. The van der Waals surface area contributed by atoms with Crippen LogP contribution in [-0.2, 0) is 14.8 Å². The second kappa shape index (κ2) is 7.43. The summed E-state index contributed by atoms with van der Waals surface area (Å²) in [4.78, 5) is 12.2. The highest BCUT2D eigenvalue weighted by atomic mass is 32.2. The van der Waals surface area contributed by atoms with Gasteiger partial charge in [-0.3, -0.25) is 9.52 Å². The smallest absolute Gasteiger partial charge is 0.240 e. The first-order valence-corrected chi connectivity index (χ1v) is 8.64. The minimum absolute atomic E-state index is 0.0134. The molecule has 1 aromatic carbocycles. The molecular formula is C15H23NO3S. The number of carbonyl (C=O) groups is 1. The Morgan fingerprint density at radius 3 is 2.25 bits per heavy atom. The molecule has 0 aromatic heterocycles. The molecule has 0 heterocycles. The third kappa shape index (κ3) is 4.96. The topological polar surface area (TPSA) is 63.2 Å². The van der Waals surface area contributed by atoms with Gasteiger partial charge in [0.05, 0.1) is 11.7 Å². The third-order valence-corrected chi connectivity index (χ3v) is 4.90. The number of carbonyl (C=O) groups excluding carboxylic acids is 1. The van der Waals surface area contributed by atoms with Crippen molar-refractivity contribution in [1.82, 2.24) is 4.72 Å². The van der Waals surface area contributed by atoms with Crippen LogP contribution in [0.1, 0.15) is 45.1 Å². The lowest BCUT2D eigenvalue weighted by atomic mass is 9.96. The predicted molar refractivity (Wildman–Crippen MR) is 80.9 cm³/mol. The minimum atomic E-state index is -3.55. The number of rotatable bonds is 7. The number of benzene rings is 1. The molecule has 0 aliphatic heterocycles. The molecule has 112 valence electrons. The summed E-state index contributed by atoms with van der Waals surface area (Å²) < 4.78 is 26.1. The molecule has 0 spiro atoms. The zero-order chi connectivity index (χ0) is 15.2. The van der Waals surface area contributed by atoms with Crippen molar-refractivity contribution in [3.05, 3.63) is 35.9 Å². The van der Waals surface area contributed by atoms with E-state index in [-0.39, 0.29) is 11.7 Å². The molecule has 1 N–H and O–H groups in total. The maximum absolute atomic E-state index is 12.2. The van der Waals surface area contributed by atoms with Crippen molar-refractivity contribution >= 4 is 15.9 Å². The van der Waals surface area contributed by atoms with Gasteiger partial charge in [-0.2, -0.15) is 0 Å². The van der Waals surface area contributed by atoms with Crippen molar-refractivity contribution in [2.24, 2.45) is 5.92 Å². The van der Waals surface area contributed by atoms with Gasteiger partial charge in [0.25, 0.3) is 0 Å². The van der Waals surface area contributed by atoms with Gasteiger partial charge in [0, 0.05) is 0 Å². The van der Waals surface area contributed by atoms with Crippen LogP contribution < -0.4 is 4.72 Å². The van der Waals surface area contributed by atoms with Gasteiger partial charge in [-0.15, -0.1) is 0 Å². The molecule has 0 aliphatic carbocycles. The van der Waals surface area contributed by atoms with Gasteiger partial charge < -0.3 is 0 Å². The predicted octanol–water partition coefficient (Wildman–Crippen LogP) is 2.67. The summed E-state index contributed by atoms with van der Waals surface area (Å²) in [5.74, 6) is -0.845. The van der Waals surface area contributed by atoms with E-state index in [2.05, 4.69) is 4.72 Å². The summed E-state index contributed by atoms with van der Waals surface area (Å²) in [6.45, 7) is 5.66. The lowest BCUT2D eigenvalue weighted by Crippen LogP contribution is -2.37. The minimum Gasteiger partial charge on any atom is -0.273 e. The van der Waals surface area contributed by atoms with Crippen LogP contribution in [0.5, 0.6) is 0 Å². The Bertz CT molecular complexity index is 525. The first-order valence-electron chi connectivity index (χ1n) is 6.98. The van der Waals surface area contributed by atoms with Crippen molar-refractivity contribution in [2.75, 3.05) is 5.75 Å². The molecule has 0 aliphatic rings. The van der Waals surface area contributed by atoms with Gasteiger partial charge in [0.15, 0.2) is 0 Å². The highest BCUT2D eigenvalue weighted by Crippen LogP contribution is 2.19. The Morgan fingerprint density at radius 2 is 1.75 bits per heavy atom. The van der Waals surface area contributed by atoms with E-state index < -0.39 is 21.8 Å². The number of sulfonamides is 1. The average Bonchev–Trinajstić information content (AvgIpc) is 2.39. The normalized spacial score (nSPS) is 14.6. The monoisotopic (exact) mass is 297 g/mol. The molecule has 0 fully saturated rings. The Balaban J connectivity index is 2.79. The Labute approximate surface area is 121 Å². The Kier molecular flexibility index (Phi) is 6.20. The SMILES string of the molecule is CCC(C)CS(=O)(=O)NC(=O)C(CC)c1ccccc1. The van der Waals surface area contributed by atoms with E-state index in [0.29, 0.717) is 6.42 Å². The number of amides is 1. The molecule has 0 bridgehead atoms. The standard InChI is InChI=1S/C15H23NO3S/c1-4-12(3)11-20(18,19)16-15(17)14(5-2)13-9-7-6-8-10-13/h6-10,12,14H,4-5,11H2,1-3H3,(H,16,17). The quantitative estimate of drug-likeness (QED) is 0.841. The second-order valence-corrected chi connectivity index (χ2v) is 6.90. The first-order chi connectivity index (χ1) is 9.39. The van der Waals surface area contributed by atoms with Crippen LogP contribution in [0.2, 0.25) is 0 Å². The summed E-state index contributed by atoms with van der Waals surface area (Å²) in [6, 6.07) is 9.25. The molecule has 20 heavy (non-hydrogen) atoms. The number of hydrogen-bond acceptors (Lipinski definition) is 3. The highest BCUT2D eigenvalue weighted by molar-refractivity contribution is 7.90. The summed E-state index contributed by atoms with van der Waals surface area (Å²) >= 11 is 0. The van der Waals surface area contributed by atoms with Gasteiger partial charge in [-0.1, -0.05) is 57.5 Å². The maximum atomic E-state index is 12.2. The van der Waals surface area contributed by atoms with E-state index in [4.69, 9.17) is 0 Å². The molecule has 2 atom stereocenters. The second-order valence-electron chi connectivity index (χ2n) is 5.13. The van der Waals surface area contributed by atoms with Gasteiger partial charge in [0.2, 0.25) is 15.9 Å². The van der Waals surface area contributed by atoms with Crippen LogP contribution in [0.3, 0.4) is 0 Å². The largest absolute Gasteiger partial charge is 0.273 e. The Morgan fingerprint density at radius 1 is 1.15 bits per heavy atom. The summed E-state index contributed by atoms with van der Waals surface area (Å²) in [5, 5.41) is 0. The first kappa shape index (κ1) is 16.7. The van der Waals surface area contributed by atoms with Crippen LogP contribution in [-0.4, -0.2) is 20.1 Å². The molecule has 5 heteroatoms. The van der Waals surface area contributed by atoms with Crippen LogP contribution in [0.25, 0.3) is 0 Å². The van der Waals surface area contributed by atoms with E-state index >= 15 is 0 Å². The molecule has 2 unspecified atom stereocenters. The highest BCUT2D eigenvalue weighted by Gasteiger charge is 2.24. The fraction of sp³-hybridized carbons (Fsp3) is 0.533. The molecule has 1 rings (SSSR count). The summed E-state index contributed by atoms with van der Waals surface area (Å²) in [6.07, 6.45) is 1.33. The molecular weight excluding hydrogens is 274 g/mol. The Hall–Kier alpha value is -1.36. The zero-order valence-electron chi connectivity index (χ0n) is 12.3. The number of nitrogens with one attached hydrogen (secondary N) is 1. The van der Waals surface area contributed by atoms with E-state index in [1.54, 1.807) is 0 Å². The molecule has 0 saturated heterocycles. The van der Waals surface area contributed by atoms with Crippen molar-refractivity contribution < 1.29 is 13.2 Å². The van der Waals surface area contributed by atoms with Crippen LogP contribution in [0.4, 0.5) is 0 Å². The average molecular weight is 297 g/mol.